The van der Waals surface area contributed by atoms with Gasteiger partial charge in [0.1, 0.15) is 0 Å². The average molecular weight is 204 g/mol. The van der Waals surface area contributed by atoms with Crippen LogP contribution in [0.4, 0.5) is 8.78 Å². The van der Waals surface area contributed by atoms with Crippen molar-refractivity contribution in [2.24, 2.45) is 17.8 Å². The van der Waals surface area contributed by atoms with E-state index in [2.05, 4.69) is 0 Å². The summed E-state index contributed by atoms with van der Waals surface area (Å²) in [5.74, 6) is -4.59. The smallest absolute Gasteiger partial charge is 0.374 e. The standard InChI is InChI=1S/C10H14F2O2/c11-10(12,9(13)14)5-8-4-6-1-2-7(8)3-6/h6-8H,1-5H2,(H,13,14). The van der Waals surface area contributed by atoms with Gasteiger partial charge in [0.15, 0.2) is 0 Å². The second-order valence-corrected chi connectivity index (χ2v) is 4.65. The second-order valence-electron chi connectivity index (χ2n) is 4.65. The highest BCUT2D eigenvalue weighted by molar-refractivity contribution is 5.75. The molecule has 0 aromatic rings. The van der Waals surface area contributed by atoms with Crippen LogP contribution in [0.3, 0.4) is 0 Å². The summed E-state index contributed by atoms with van der Waals surface area (Å²) in [4.78, 5) is 10.3. The normalized spacial score (nSPS) is 36.3. The van der Waals surface area contributed by atoms with Gasteiger partial charge in [-0.3, -0.25) is 0 Å². The lowest BCUT2D eigenvalue weighted by Crippen LogP contribution is -2.32. The first-order valence-electron chi connectivity index (χ1n) is 5.10. The molecular formula is C10H14F2O2. The molecule has 2 saturated carbocycles. The summed E-state index contributed by atoms with van der Waals surface area (Å²) in [7, 11) is 0. The van der Waals surface area contributed by atoms with E-state index in [-0.39, 0.29) is 5.92 Å². The Balaban J connectivity index is 1.95. The lowest BCUT2D eigenvalue weighted by Gasteiger charge is -2.24. The van der Waals surface area contributed by atoms with Crippen molar-refractivity contribution in [2.45, 2.75) is 38.0 Å². The molecule has 2 nitrogen and oxygen atoms in total. The van der Waals surface area contributed by atoms with E-state index in [1.54, 1.807) is 0 Å². The number of hydrogen-bond donors (Lipinski definition) is 1. The Kier molecular flexibility index (Phi) is 2.24. The minimum atomic E-state index is -3.52. The molecule has 3 atom stereocenters. The molecule has 2 aliphatic rings. The molecule has 0 radical (unpaired) electrons. The van der Waals surface area contributed by atoms with E-state index in [1.165, 1.54) is 0 Å². The Hall–Kier alpha value is -0.670. The van der Waals surface area contributed by atoms with Crippen LogP contribution in [0.2, 0.25) is 0 Å². The maximum Gasteiger partial charge on any atom is 0.374 e. The monoisotopic (exact) mass is 204 g/mol. The molecule has 2 fully saturated rings. The summed E-state index contributed by atoms with van der Waals surface area (Å²) >= 11 is 0. The van der Waals surface area contributed by atoms with Crippen LogP contribution in [-0.2, 0) is 4.79 Å². The van der Waals surface area contributed by atoms with E-state index >= 15 is 0 Å². The summed E-state index contributed by atoms with van der Waals surface area (Å²) in [6.07, 6.45) is 3.57. The first kappa shape index (κ1) is 9.87. The van der Waals surface area contributed by atoms with E-state index in [1.807, 2.05) is 0 Å². The zero-order valence-corrected chi connectivity index (χ0v) is 7.88. The van der Waals surface area contributed by atoms with Gasteiger partial charge in [-0.2, -0.15) is 8.78 Å². The van der Waals surface area contributed by atoms with Gasteiger partial charge in [0, 0.05) is 6.42 Å². The molecule has 80 valence electrons. The van der Waals surface area contributed by atoms with Crippen molar-refractivity contribution in [1.29, 1.82) is 0 Å². The number of carbonyl (C=O) groups is 1. The molecule has 0 amide bonds. The summed E-state index contributed by atoms with van der Waals surface area (Å²) < 4.78 is 25.8. The fourth-order valence-electron chi connectivity index (χ4n) is 3.04. The van der Waals surface area contributed by atoms with Crippen molar-refractivity contribution >= 4 is 5.97 Å². The van der Waals surface area contributed by atoms with Crippen LogP contribution in [0.25, 0.3) is 0 Å². The number of hydrogen-bond acceptors (Lipinski definition) is 1. The maximum absolute atomic E-state index is 12.9. The lowest BCUT2D eigenvalue weighted by molar-refractivity contribution is -0.167. The van der Waals surface area contributed by atoms with Crippen molar-refractivity contribution in [2.75, 3.05) is 0 Å². The van der Waals surface area contributed by atoms with Gasteiger partial charge in [-0.1, -0.05) is 6.42 Å². The third kappa shape index (κ3) is 1.62. The summed E-state index contributed by atoms with van der Waals surface area (Å²) in [5, 5.41) is 8.32. The number of rotatable bonds is 3. The molecule has 0 spiro atoms. The first-order chi connectivity index (χ1) is 6.49. The van der Waals surface area contributed by atoms with E-state index in [4.69, 9.17) is 5.11 Å². The van der Waals surface area contributed by atoms with Crippen molar-refractivity contribution in [3.8, 4) is 0 Å². The summed E-state index contributed by atoms with van der Waals surface area (Å²) in [5.41, 5.74) is 0. The van der Waals surface area contributed by atoms with Crippen LogP contribution in [0.1, 0.15) is 32.1 Å². The fraction of sp³-hybridized carbons (Fsp3) is 0.900. The fourth-order valence-corrected chi connectivity index (χ4v) is 3.04. The Morgan fingerprint density at radius 1 is 1.36 bits per heavy atom. The van der Waals surface area contributed by atoms with Crippen molar-refractivity contribution in [3.05, 3.63) is 0 Å². The van der Waals surface area contributed by atoms with Gasteiger partial charge in [-0.15, -0.1) is 0 Å². The first-order valence-corrected chi connectivity index (χ1v) is 5.10. The van der Waals surface area contributed by atoms with Crippen LogP contribution in [0.15, 0.2) is 0 Å². The Bertz CT molecular complexity index is 253. The molecule has 0 aliphatic heterocycles. The van der Waals surface area contributed by atoms with E-state index in [0.29, 0.717) is 11.8 Å². The third-order valence-electron chi connectivity index (χ3n) is 3.72. The number of alkyl halides is 2. The van der Waals surface area contributed by atoms with Crippen molar-refractivity contribution in [3.63, 3.8) is 0 Å². The van der Waals surface area contributed by atoms with Crippen molar-refractivity contribution < 1.29 is 18.7 Å². The molecule has 14 heavy (non-hydrogen) atoms. The maximum atomic E-state index is 12.9. The number of fused-ring (bicyclic) bond motifs is 2. The predicted octanol–water partition coefficient (Wildman–Crippen LogP) is 2.53. The van der Waals surface area contributed by atoms with E-state index in [9.17, 15) is 13.6 Å². The minimum absolute atomic E-state index is 0.0557. The molecule has 4 heteroatoms. The molecule has 3 unspecified atom stereocenters. The van der Waals surface area contributed by atoms with E-state index in [0.717, 1.165) is 25.7 Å². The van der Waals surface area contributed by atoms with Gasteiger partial charge >= 0.3 is 11.9 Å². The van der Waals surface area contributed by atoms with Gasteiger partial charge in [-0.25, -0.2) is 4.79 Å². The van der Waals surface area contributed by atoms with Gasteiger partial charge in [-0.05, 0) is 37.0 Å². The zero-order valence-electron chi connectivity index (χ0n) is 7.88. The molecule has 0 saturated heterocycles. The van der Waals surface area contributed by atoms with Crippen LogP contribution < -0.4 is 0 Å². The second kappa shape index (κ2) is 3.17. The van der Waals surface area contributed by atoms with Crippen LogP contribution >= 0.6 is 0 Å². The molecule has 0 heterocycles. The Labute approximate surface area is 81.3 Å². The number of halogens is 2. The summed E-state index contributed by atoms with van der Waals surface area (Å²) in [6.45, 7) is 0. The van der Waals surface area contributed by atoms with Crippen molar-refractivity contribution in [1.82, 2.24) is 0 Å². The quantitative estimate of drug-likeness (QED) is 0.767. The molecule has 2 aliphatic carbocycles. The highest BCUT2D eigenvalue weighted by Crippen LogP contribution is 2.51. The third-order valence-corrected chi connectivity index (χ3v) is 3.72. The average Bonchev–Trinajstić information content (AvgIpc) is 2.63. The van der Waals surface area contributed by atoms with Gasteiger partial charge in [0.25, 0.3) is 0 Å². The SMILES string of the molecule is O=C(O)C(F)(F)CC1CC2CCC1C2. The van der Waals surface area contributed by atoms with Crippen LogP contribution in [-0.4, -0.2) is 17.0 Å². The molecule has 2 rings (SSSR count). The Morgan fingerprint density at radius 2 is 2.07 bits per heavy atom. The number of carboxylic acids is 1. The predicted molar refractivity (Wildman–Crippen MR) is 46.1 cm³/mol. The zero-order chi connectivity index (χ0) is 10.3. The lowest BCUT2D eigenvalue weighted by atomic mass is 9.84. The molecule has 2 bridgehead atoms. The summed E-state index contributed by atoms with van der Waals surface area (Å²) in [6, 6.07) is 0. The molecule has 1 N–H and O–H groups in total. The van der Waals surface area contributed by atoms with Crippen LogP contribution in [0, 0.1) is 17.8 Å². The minimum Gasteiger partial charge on any atom is -0.477 e. The van der Waals surface area contributed by atoms with Crippen LogP contribution in [0.5, 0.6) is 0 Å². The largest absolute Gasteiger partial charge is 0.477 e. The highest BCUT2D eigenvalue weighted by Gasteiger charge is 2.47. The van der Waals surface area contributed by atoms with Gasteiger partial charge in [0.2, 0.25) is 0 Å². The van der Waals surface area contributed by atoms with Gasteiger partial charge < -0.3 is 5.11 Å². The number of carboxylic acid groups (broad SMARTS) is 1. The molecular weight excluding hydrogens is 190 g/mol. The Morgan fingerprint density at radius 3 is 2.50 bits per heavy atom. The highest BCUT2D eigenvalue weighted by atomic mass is 19.3. The van der Waals surface area contributed by atoms with E-state index < -0.39 is 18.3 Å². The molecule has 0 aromatic carbocycles. The van der Waals surface area contributed by atoms with Gasteiger partial charge in [0.05, 0.1) is 0 Å². The number of aliphatic carboxylic acids is 1. The molecule has 0 aromatic heterocycles. The topological polar surface area (TPSA) is 37.3 Å².